The predicted octanol–water partition coefficient (Wildman–Crippen LogP) is 0.545. The summed E-state index contributed by atoms with van der Waals surface area (Å²) in [4.78, 5) is 27.6. The molecule has 0 aromatic carbocycles. The van der Waals surface area contributed by atoms with Gasteiger partial charge in [-0.2, -0.15) is 0 Å². The number of carbonyl (C=O) groups excluding carboxylic acids is 2. The van der Waals surface area contributed by atoms with Crippen molar-refractivity contribution in [2.24, 2.45) is 0 Å². The standard InChI is InChI=1S/C16H24N2O5/c1-11-4-5-14(23-11)10-17(6-7-22-3)16(21)15-8-13(20)9-18(15)12(2)19/h4-5,13,15,20H,6-10H2,1-3H3/t13-,15-/m1/s1. The molecule has 0 bridgehead atoms. The van der Waals surface area contributed by atoms with Crippen LogP contribution in [0.15, 0.2) is 16.5 Å². The summed E-state index contributed by atoms with van der Waals surface area (Å²) in [7, 11) is 1.57. The maximum Gasteiger partial charge on any atom is 0.245 e. The first-order chi connectivity index (χ1) is 10.9. The number of hydrogen-bond acceptors (Lipinski definition) is 5. The number of rotatable bonds is 6. The maximum atomic E-state index is 12.8. The molecule has 1 saturated heterocycles. The Morgan fingerprint density at radius 2 is 2.22 bits per heavy atom. The van der Waals surface area contributed by atoms with Gasteiger partial charge in [0.25, 0.3) is 0 Å². The molecule has 2 amide bonds. The summed E-state index contributed by atoms with van der Waals surface area (Å²) in [5, 5.41) is 9.81. The van der Waals surface area contributed by atoms with Crippen LogP contribution in [-0.2, 0) is 20.9 Å². The summed E-state index contributed by atoms with van der Waals surface area (Å²) in [6.45, 7) is 4.55. The topological polar surface area (TPSA) is 83.2 Å². The van der Waals surface area contributed by atoms with Crippen LogP contribution in [0.3, 0.4) is 0 Å². The van der Waals surface area contributed by atoms with Crippen molar-refractivity contribution in [2.75, 3.05) is 26.8 Å². The lowest BCUT2D eigenvalue weighted by Gasteiger charge is -2.29. The van der Waals surface area contributed by atoms with Crippen molar-refractivity contribution in [3.63, 3.8) is 0 Å². The lowest BCUT2D eigenvalue weighted by atomic mass is 10.1. The molecule has 2 heterocycles. The van der Waals surface area contributed by atoms with Crippen LogP contribution < -0.4 is 0 Å². The molecule has 128 valence electrons. The third-order valence-electron chi connectivity index (χ3n) is 3.99. The minimum absolute atomic E-state index is 0.192. The Bertz CT molecular complexity index is 556. The lowest BCUT2D eigenvalue weighted by molar-refractivity contribution is -0.143. The minimum atomic E-state index is -0.664. The number of likely N-dealkylation sites (tertiary alicyclic amines) is 1. The fourth-order valence-corrected chi connectivity index (χ4v) is 2.83. The molecule has 1 aliphatic rings. The first kappa shape index (κ1) is 17.5. The molecule has 1 fully saturated rings. The van der Waals surface area contributed by atoms with Crippen molar-refractivity contribution < 1.29 is 23.8 Å². The summed E-state index contributed by atoms with van der Waals surface area (Å²) in [5.74, 6) is 1.06. The summed E-state index contributed by atoms with van der Waals surface area (Å²) < 4.78 is 10.6. The van der Waals surface area contributed by atoms with Crippen molar-refractivity contribution >= 4 is 11.8 Å². The van der Waals surface area contributed by atoms with Crippen molar-refractivity contribution in [1.82, 2.24) is 9.80 Å². The monoisotopic (exact) mass is 324 g/mol. The largest absolute Gasteiger partial charge is 0.464 e. The smallest absolute Gasteiger partial charge is 0.245 e. The number of furan rings is 1. The molecule has 7 heteroatoms. The zero-order valence-electron chi connectivity index (χ0n) is 13.8. The van der Waals surface area contributed by atoms with Crippen molar-refractivity contribution in [3.8, 4) is 0 Å². The highest BCUT2D eigenvalue weighted by Gasteiger charge is 2.39. The summed E-state index contributed by atoms with van der Waals surface area (Å²) in [6, 6.07) is 3.04. The normalized spacial score (nSPS) is 20.8. The zero-order chi connectivity index (χ0) is 17.0. The van der Waals surface area contributed by atoms with E-state index < -0.39 is 12.1 Å². The Morgan fingerprint density at radius 1 is 1.48 bits per heavy atom. The van der Waals surface area contributed by atoms with Crippen LogP contribution in [0.25, 0.3) is 0 Å². The van der Waals surface area contributed by atoms with Gasteiger partial charge in [0.2, 0.25) is 11.8 Å². The molecule has 1 aromatic heterocycles. The van der Waals surface area contributed by atoms with Gasteiger partial charge in [0.1, 0.15) is 17.6 Å². The van der Waals surface area contributed by atoms with Gasteiger partial charge in [0.15, 0.2) is 0 Å². The molecule has 0 saturated carbocycles. The van der Waals surface area contributed by atoms with Gasteiger partial charge in [-0.05, 0) is 19.1 Å². The van der Waals surface area contributed by atoms with Crippen LogP contribution >= 0.6 is 0 Å². The van der Waals surface area contributed by atoms with E-state index in [0.29, 0.717) is 25.5 Å². The summed E-state index contributed by atoms with van der Waals surface area (Å²) in [5.41, 5.74) is 0. The lowest BCUT2D eigenvalue weighted by Crippen LogP contribution is -2.47. The van der Waals surface area contributed by atoms with Gasteiger partial charge >= 0.3 is 0 Å². The first-order valence-corrected chi connectivity index (χ1v) is 7.70. The quantitative estimate of drug-likeness (QED) is 0.826. The van der Waals surface area contributed by atoms with Crippen LogP contribution in [-0.4, -0.2) is 65.7 Å². The van der Waals surface area contributed by atoms with Crippen LogP contribution in [0, 0.1) is 6.92 Å². The van der Waals surface area contributed by atoms with Crippen LogP contribution in [0.5, 0.6) is 0 Å². The van der Waals surface area contributed by atoms with Crippen molar-refractivity contribution in [3.05, 3.63) is 23.7 Å². The molecule has 2 atom stereocenters. The van der Waals surface area contributed by atoms with E-state index in [1.54, 1.807) is 12.0 Å². The Balaban J connectivity index is 2.13. The number of nitrogens with zero attached hydrogens (tertiary/aromatic N) is 2. The number of carbonyl (C=O) groups is 2. The molecular formula is C16H24N2O5. The van der Waals surface area contributed by atoms with Gasteiger partial charge in [-0.15, -0.1) is 0 Å². The van der Waals surface area contributed by atoms with E-state index >= 15 is 0 Å². The van der Waals surface area contributed by atoms with E-state index in [-0.39, 0.29) is 24.8 Å². The second kappa shape index (κ2) is 7.61. The number of methoxy groups -OCH3 is 1. The van der Waals surface area contributed by atoms with Crippen LogP contribution in [0.2, 0.25) is 0 Å². The number of β-amino-alcohol motifs (C(OH)–C–C–N with tert-alkyl or cyclic N) is 1. The summed E-state index contributed by atoms with van der Waals surface area (Å²) >= 11 is 0. The van der Waals surface area contributed by atoms with Crippen LogP contribution in [0.4, 0.5) is 0 Å². The minimum Gasteiger partial charge on any atom is -0.464 e. The second-order valence-corrected chi connectivity index (χ2v) is 5.84. The number of aliphatic hydroxyl groups is 1. The third kappa shape index (κ3) is 4.33. The number of amides is 2. The Morgan fingerprint density at radius 3 is 2.78 bits per heavy atom. The van der Waals surface area contributed by atoms with Crippen molar-refractivity contribution in [1.29, 1.82) is 0 Å². The Labute approximate surface area is 135 Å². The molecule has 1 aromatic rings. The van der Waals surface area contributed by atoms with E-state index in [1.807, 2.05) is 19.1 Å². The number of aliphatic hydroxyl groups excluding tert-OH is 1. The van der Waals surface area contributed by atoms with Gasteiger partial charge in [0, 0.05) is 33.5 Å². The molecule has 1 aliphatic heterocycles. The molecular weight excluding hydrogens is 300 g/mol. The SMILES string of the molecule is COCCN(Cc1ccc(C)o1)C(=O)[C@H]1C[C@@H](O)CN1C(C)=O. The molecule has 23 heavy (non-hydrogen) atoms. The molecule has 0 aliphatic carbocycles. The highest BCUT2D eigenvalue weighted by Crippen LogP contribution is 2.21. The third-order valence-corrected chi connectivity index (χ3v) is 3.99. The molecule has 1 N–H and O–H groups in total. The number of ether oxygens (including phenoxy) is 1. The Kier molecular flexibility index (Phi) is 5.79. The number of aryl methyl sites for hydroxylation is 1. The van der Waals surface area contributed by atoms with E-state index in [4.69, 9.17) is 9.15 Å². The van der Waals surface area contributed by atoms with Gasteiger partial charge < -0.3 is 24.1 Å². The fraction of sp³-hybridized carbons (Fsp3) is 0.625. The van der Waals surface area contributed by atoms with Gasteiger partial charge in [-0.1, -0.05) is 0 Å². The van der Waals surface area contributed by atoms with Gasteiger partial charge in [-0.3, -0.25) is 9.59 Å². The van der Waals surface area contributed by atoms with E-state index in [9.17, 15) is 14.7 Å². The van der Waals surface area contributed by atoms with Crippen molar-refractivity contribution in [2.45, 2.75) is 39.0 Å². The second-order valence-electron chi connectivity index (χ2n) is 5.84. The van der Waals surface area contributed by atoms with E-state index in [2.05, 4.69) is 0 Å². The zero-order valence-corrected chi connectivity index (χ0v) is 13.8. The average molecular weight is 324 g/mol. The van der Waals surface area contributed by atoms with Gasteiger partial charge in [0.05, 0.1) is 19.3 Å². The maximum absolute atomic E-state index is 12.8. The molecule has 0 spiro atoms. The molecule has 7 nitrogen and oxygen atoms in total. The van der Waals surface area contributed by atoms with E-state index in [0.717, 1.165) is 5.76 Å². The van der Waals surface area contributed by atoms with Crippen LogP contribution in [0.1, 0.15) is 24.9 Å². The molecule has 2 rings (SSSR count). The molecule has 0 unspecified atom stereocenters. The average Bonchev–Trinajstić information content (AvgIpc) is 3.08. The van der Waals surface area contributed by atoms with Gasteiger partial charge in [-0.25, -0.2) is 0 Å². The molecule has 0 radical (unpaired) electrons. The fourth-order valence-electron chi connectivity index (χ4n) is 2.83. The highest BCUT2D eigenvalue weighted by atomic mass is 16.5. The Hall–Kier alpha value is -1.86. The summed E-state index contributed by atoms with van der Waals surface area (Å²) in [6.07, 6.45) is -0.401. The predicted molar refractivity (Wildman–Crippen MR) is 82.5 cm³/mol. The first-order valence-electron chi connectivity index (χ1n) is 7.70. The number of hydrogen-bond donors (Lipinski definition) is 1. The highest BCUT2D eigenvalue weighted by molar-refractivity contribution is 5.87. The van der Waals surface area contributed by atoms with E-state index in [1.165, 1.54) is 11.8 Å².